The quantitative estimate of drug-likeness (QED) is 0.445. The molecule has 9 heteroatoms. The molecule has 0 aliphatic heterocycles. The van der Waals surface area contributed by atoms with Crippen molar-refractivity contribution in [1.29, 1.82) is 0 Å². The van der Waals surface area contributed by atoms with Crippen molar-refractivity contribution in [3.05, 3.63) is 22.7 Å². The van der Waals surface area contributed by atoms with E-state index in [1.54, 1.807) is 0 Å². The highest BCUT2D eigenvalue weighted by molar-refractivity contribution is 9.10. The van der Waals surface area contributed by atoms with Crippen molar-refractivity contribution < 1.29 is 22.7 Å². The van der Waals surface area contributed by atoms with Crippen molar-refractivity contribution in [2.75, 3.05) is 5.32 Å². The lowest BCUT2D eigenvalue weighted by atomic mass is 10.3. The molecule has 0 saturated carbocycles. The summed E-state index contributed by atoms with van der Waals surface area (Å²) in [5.41, 5.74) is 2.07. The molecule has 0 aromatic heterocycles. The molecule has 0 radical (unpaired) electrons. The highest BCUT2D eigenvalue weighted by Gasteiger charge is 2.31. The molecule has 0 saturated heterocycles. The van der Waals surface area contributed by atoms with Crippen molar-refractivity contribution in [3.8, 4) is 5.75 Å². The lowest BCUT2D eigenvalue weighted by Crippen LogP contribution is -2.34. The first-order valence-corrected chi connectivity index (χ1v) is 4.94. The van der Waals surface area contributed by atoms with Gasteiger partial charge in [-0.15, -0.1) is 13.2 Å². The van der Waals surface area contributed by atoms with Crippen LogP contribution in [0.5, 0.6) is 5.75 Å². The van der Waals surface area contributed by atoms with Gasteiger partial charge in [0.25, 0.3) is 0 Å². The molecule has 0 atom stereocenters. The van der Waals surface area contributed by atoms with Gasteiger partial charge in [-0.2, -0.15) is 0 Å². The van der Waals surface area contributed by atoms with E-state index in [1.807, 2.05) is 5.43 Å². The molecule has 0 fully saturated rings. The summed E-state index contributed by atoms with van der Waals surface area (Å²) < 4.78 is 39.6. The molecule has 1 aromatic carbocycles. The standard InChI is InChI=1S/C8H7BrF3N3O2/c9-5-3-4(14-7(16)15-13)1-2-6(5)17-8(10,11)12/h1-3H,13H2,(H2,14,15,16). The Kier molecular flexibility index (Phi) is 4.18. The molecule has 0 aliphatic carbocycles. The maximum atomic E-state index is 11.9. The average Bonchev–Trinajstić information content (AvgIpc) is 2.20. The predicted molar refractivity (Wildman–Crippen MR) is 57.2 cm³/mol. The number of hydrazine groups is 1. The van der Waals surface area contributed by atoms with Crippen LogP contribution < -0.4 is 21.3 Å². The summed E-state index contributed by atoms with van der Waals surface area (Å²) in [7, 11) is 0. The van der Waals surface area contributed by atoms with Crippen molar-refractivity contribution in [3.63, 3.8) is 0 Å². The van der Waals surface area contributed by atoms with Gasteiger partial charge in [-0.1, -0.05) is 0 Å². The van der Waals surface area contributed by atoms with Gasteiger partial charge in [-0.05, 0) is 34.1 Å². The van der Waals surface area contributed by atoms with Gasteiger partial charge in [0.2, 0.25) is 0 Å². The molecule has 0 unspecified atom stereocenters. The van der Waals surface area contributed by atoms with Crippen molar-refractivity contribution in [1.82, 2.24) is 5.43 Å². The summed E-state index contributed by atoms with van der Waals surface area (Å²) in [5.74, 6) is 4.42. The number of nitrogens with two attached hydrogens (primary N) is 1. The molecular formula is C8H7BrF3N3O2. The van der Waals surface area contributed by atoms with E-state index in [9.17, 15) is 18.0 Å². The first-order chi connectivity index (χ1) is 7.81. The second kappa shape index (κ2) is 5.23. The average molecular weight is 314 g/mol. The van der Waals surface area contributed by atoms with E-state index in [4.69, 9.17) is 5.84 Å². The van der Waals surface area contributed by atoms with E-state index in [2.05, 4.69) is 26.0 Å². The number of carbonyl (C=O) groups is 1. The fourth-order valence-corrected chi connectivity index (χ4v) is 1.41. The second-order valence-electron chi connectivity index (χ2n) is 2.79. The van der Waals surface area contributed by atoms with Crippen LogP contribution in [0.4, 0.5) is 23.7 Å². The van der Waals surface area contributed by atoms with E-state index >= 15 is 0 Å². The van der Waals surface area contributed by atoms with Crippen molar-refractivity contribution in [2.24, 2.45) is 5.84 Å². The van der Waals surface area contributed by atoms with Gasteiger partial charge in [-0.3, -0.25) is 5.43 Å². The summed E-state index contributed by atoms with van der Waals surface area (Å²) >= 11 is 2.88. The summed E-state index contributed by atoms with van der Waals surface area (Å²) in [6, 6.07) is 2.85. The third-order valence-corrected chi connectivity index (χ3v) is 2.17. The lowest BCUT2D eigenvalue weighted by molar-refractivity contribution is -0.274. The molecule has 0 spiro atoms. The van der Waals surface area contributed by atoms with Crippen LogP contribution in [-0.2, 0) is 0 Å². The maximum absolute atomic E-state index is 11.9. The molecule has 2 amide bonds. The van der Waals surface area contributed by atoms with Crippen LogP contribution in [0.1, 0.15) is 0 Å². The van der Waals surface area contributed by atoms with Crippen LogP contribution in [0.15, 0.2) is 22.7 Å². The largest absolute Gasteiger partial charge is 0.573 e. The Labute approximate surface area is 102 Å². The third kappa shape index (κ3) is 4.49. The number of hydrogen-bond donors (Lipinski definition) is 3. The van der Waals surface area contributed by atoms with Gasteiger partial charge in [0, 0.05) is 5.69 Å². The fraction of sp³-hybridized carbons (Fsp3) is 0.125. The monoisotopic (exact) mass is 313 g/mol. The first kappa shape index (κ1) is 13.6. The van der Waals surface area contributed by atoms with Crippen molar-refractivity contribution >= 4 is 27.6 Å². The number of alkyl halides is 3. The summed E-state index contributed by atoms with van der Waals surface area (Å²) in [6.07, 6.45) is -4.77. The molecule has 5 nitrogen and oxygen atoms in total. The van der Waals surface area contributed by atoms with Gasteiger partial charge in [0.15, 0.2) is 0 Å². The van der Waals surface area contributed by atoms with Crippen LogP contribution in [-0.4, -0.2) is 12.4 Å². The minimum absolute atomic E-state index is 0.0460. The number of halogens is 4. The molecule has 94 valence electrons. The zero-order valence-corrected chi connectivity index (χ0v) is 9.72. The minimum atomic E-state index is -4.77. The zero-order valence-electron chi connectivity index (χ0n) is 8.14. The third-order valence-electron chi connectivity index (χ3n) is 1.55. The second-order valence-corrected chi connectivity index (χ2v) is 3.65. The lowest BCUT2D eigenvalue weighted by Gasteiger charge is -2.11. The number of nitrogens with one attached hydrogen (secondary N) is 2. The van der Waals surface area contributed by atoms with Gasteiger partial charge < -0.3 is 10.1 Å². The highest BCUT2D eigenvalue weighted by Crippen LogP contribution is 2.32. The van der Waals surface area contributed by atoms with Crippen LogP contribution in [0, 0.1) is 0 Å². The number of rotatable bonds is 2. The number of carbonyl (C=O) groups excluding carboxylic acids is 1. The summed E-state index contributed by atoms with van der Waals surface area (Å²) in [6.45, 7) is 0. The van der Waals surface area contributed by atoms with E-state index in [1.165, 1.54) is 12.1 Å². The topological polar surface area (TPSA) is 76.4 Å². The number of hydrogen-bond acceptors (Lipinski definition) is 3. The number of benzene rings is 1. The van der Waals surface area contributed by atoms with Gasteiger partial charge >= 0.3 is 12.4 Å². The summed E-state index contributed by atoms with van der Waals surface area (Å²) in [5, 5.41) is 2.28. The Morgan fingerprint density at radius 2 is 2.06 bits per heavy atom. The van der Waals surface area contributed by atoms with E-state index in [0.29, 0.717) is 0 Å². The number of anilines is 1. The Hall–Kier alpha value is -1.48. The van der Waals surface area contributed by atoms with E-state index in [-0.39, 0.29) is 10.2 Å². The first-order valence-electron chi connectivity index (χ1n) is 4.15. The zero-order chi connectivity index (χ0) is 13.1. The van der Waals surface area contributed by atoms with E-state index < -0.39 is 18.1 Å². The maximum Gasteiger partial charge on any atom is 0.573 e. The number of amides is 2. The van der Waals surface area contributed by atoms with Crippen LogP contribution >= 0.6 is 15.9 Å². The minimum Gasteiger partial charge on any atom is -0.405 e. The molecule has 1 rings (SSSR count). The predicted octanol–water partition coefficient (Wildman–Crippen LogP) is 2.34. The SMILES string of the molecule is NNC(=O)Nc1ccc(OC(F)(F)F)c(Br)c1. The Morgan fingerprint density at radius 1 is 1.41 bits per heavy atom. The number of ether oxygens (including phenoxy) is 1. The van der Waals surface area contributed by atoms with Crippen LogP contribution in [0.3, 0.4) is 0 Å². The molecule has 17 heavy (non-hydrogen) atoms. The van der Waals surface area contributed by atoms with Crippen molar-refractivity contribution in [2.45, 2.75) is 6.36 Å². The molecule has 0 bridgehead atoms. The van der Waals surface area contributed by atoms with Gasteiger partial charge in [0.05, 0.1) is 4.47 Å². The molecule has 0 heterocycles. The number of urea groups is 1. The summed E-state index contributed by atoms with van der Waals surface area (Å²) in [4.78, 5) is 10.8. The Bertz CT molecular complexity index is 425. The smallest absolute Gasteiger partial charge is 0.405 e. The molecule has 1 aromatic rings. The van der Waals surface area contributed by atoms with E-state index in [0.717, 1.165) is 6.07 Å². The Balaban J connectivity index is 2.83. The normalized spacial score (nSPS) is 10.9. The van der Waals surface area contributed by atoms with Crippen LogP contribution in [0.2, 0.25) is 0 Å². The van der Waals surface area contributed by atoms with Crippen LogP contribution in [0.25, 0.3) is 0 Å². The van der Waals surface area contributed by atoms with Gasteiger partial charge in [-0.25, -0.2) is 10.6 Å². The fourth-order valence-electron chi connectivity index (χ4n) is 0.953. The molecule has 0 aliphatic rings. The van der Waals surface area contributed by atoms with Gasteiger partial charge in [0.1, 0.15) is 5.75 Å². The molecular weight excluding hydrogens is 307 g/mol. The Morgan fingerprint density at radius 3 is 2.53 bits per heavy atom. The molecule has 4 N–H and O–H groups in total. The highest BCUT2D eigenvalue weighted by atomic mass is 79.9.